The van der Waals surface area contributed by atoms with E-state index in [0.29, 0.717) is 22.7 Å². The summed E-state index contributed by atoms with van der Waals surface area (Å²) in [5, 5.41) is 4.28. The third-order valence-electron chi connectivity index (χ3n) is 5.04. The van der Waals surface area contributed by atoms with E-state index in [1.54, 1.807) is 24.3 Å². The van der Waals surface area contributed by atoms with Crippen LogP contribution in [-0.4, -0.2) is 25.2 Å². The lowest BCUT2D eigenvalue weighted by Crippen LogP contribution is -2.34. The number of amides is 1. The Labute approximate surface area is 174 Å². The molecular weight excluding hydrogens is 388 g/mol. The van der Waals surface area contributed by atoms with E-state index in [9.17, 15) is 4.79 Å². The number of hydrogen-bond acceptors (Lipinski definition) is 4. The van der Waals surface area contributed by atoms with Gasteiger partial charge < -0.3 is 14.5 Å². The molecule has 5 nitrogen and oxygen atoms in total. The van der Waals surface area contributed by atoms with Gasteiger partial charge in [0.05, 0.1) is 11.8 Å². The average molecular weight is 411 g/mol. The number of halogens is 1. The van der Waals surface area contributed by atoms with Gasteiger partial charge in [-0.2, -0.15) is 0 Å². The first kappa shape index (κ1) is 19.7. The number of nitrogens with one attached hydrogen (secondary N) is 1. The zero-order valence-corrected chi connectivity index (χ0v) is 17.3. The smallest absolute Gasteiger partial charge is 0.256 e. The highest BCUT2D eigenvalue weighted by molar-refractivity contribution is 6.31. The van der Waals surface area contributed by atoms with E-state index in [-0.39, 0.29) is 17.6 Å². The van der Waals surface area contributed by atoms with E-state index < -0.39 is 0 Å². The molecule has 0 saturated carbocycles. The van der Waals surface area contributed by atoms with E-state index in [0.717, 1.165) is 41.6 Å². The number of aryl methyl sites for hydroxylation is 2. The minimum absolute atomic E-state index is 0.0607. The Morgan fingerprint density at radius 2 is 2.07 bits per heavy atom. The molecule has 29 heavy (non-hydrogen) atoms. The molecule has 0 radical (unpaired) electrons. The van der Waals surface area contributed by atoms with Gasteiger partial charge >= 0.3 is 0 Å². The Morgan fingerprint density at radius 3 is 2.83 bits per heavy atom. The maximum absolute atomic E-state index is 13.0. The molecule has 1 aliphatic heterocycles. The highest BCUT2D eigenvalue weighted by atomic mass is 35.5. The predicted octanol–water partition coefficient (Wildman–Crippen LogP) is 4.84. The quantitative estimate of drug-likeness (QED) is 0.669. The van der Waals surface area contributed by atoms with Crippen molar-refractivity contribution in [3.63, 3.8) is 0 Å². The number of rotatable bonds is 4. The SMILES string of the molecule is Cc1ccc(N=c2oc3ccc(Cl)cc3cc2C(=O)NC[C@@H]2CCCO2)c(C)c1. The van der Waals surface area contributed by atoms with Crippen LogP contribution in [0.1, 0.15) is 34.3 Å². The van der Waals surface area contributed by atoms with Gasteiger partial charge in [0.25, 0.3) is 5.91 Å². The number of carbonyl (C=O) groups is 1. The summed E-state index contributed by atoms with van der Waals surface area (Å²) in [7, 11) is 0. The second kappa shape index (κ2) is 8.39. The molecular formula is C23H23ClN2O3. The molecule has 1 saturated heterocycles. The van der Waals surface area contributed by atoms with Gasteiger partial charge in [0.15, 0.2) is 0 Å². The zero-order chi connectivity index (χ0) is 20.4. The molecule has 1 amide bonds. The largest absolute Gasteiger partial charge is 0.438 e. The molecule has 1 aromatic heterocycles. The van der Waals surface area contributed by atoms with E-state index in [4.69, 9.17) is 20.8 Å². The van der Waals surface area contributed by atoms with Crippen LogP contribution in [0.15, 0.2) is 51.9 Å². The van der Waals surface area contributed by atoms with E-state index in [1.165, 1.54) is 0 Å². The van der Waals surface area contributed by atoms with Crippen molar-refractivity contribution in [3.8, 4) is 0 Å². The molecule has 0 unspecified atom stereocenters. The highest BCUT2D eigenvalue weighted by Gasteiger charge is 2.18. The van der Waals surface area contributed by atoms with Crippen molar-refractivity contribution in [2.75, 3.05) is 13.2 Å². The lowest BCUT2D eigenvalue weighted by atomic mass is 10.1. The number of fused-ring (bicyclic) bond motifs is 1. The lowest BCUT2D eigenvalue weighted by Gasteiger charge is -2.11. The molecule has 1 aliphatic rings. The fraction of sp³-hybridized carbons (Fsp3) is 0.304. The Bertz CT molecular complexity index is 1130. The Morgan fingerprint density at radius 1 is 1.21 bits per heavy atom. The molecule has 2 aromatic carbocycles. The minimum Gasteiger partial charge on any atom is -0.438 e. The summed E-state index contributed by atoms with van der Waals surface area (Å²) in [6.45, 7) is 5.24. The Hall–Kier alpha value is -2.63. The van der Waals surface area contributed by atoms with Crippen LogP contribution >= 0.6 is 11.6 Å². The summed E-state index contributed by atoms with van der Waals surface area (Å²) in [6, 6.07) is 13.1. The van der Waals surface area contributed by atoms with Crippen LogP contribution in [-0.2, 0) is 4.74 Å². The molecule has 2 heterocycles. The second-order valence-corrected chi connectivity index (χ2v) is 7.83. The van der Waals surface area contributed by atoms with Crippen LogP contribution in [0.3, 0.4) is 0 Å². The van der Waals surface area contributed by atoms with Crippen molar-refractivity contribution in [1.82, 2.24) is 5.32 Å². The van der Waals surface area contributed by atoms with Crippen molar-refractivity contribution in [1.29, 1.82) is 0 Å². The van der Waals surface area contributed by atoms with Crippen molar-refractivity contribution in [3.05, 3.63) is 69.7 Å². The zero-order valence-electron chi connectivity index (χ0n) is 16.5. The van der Waals surface area contributed by atoms with Gasteiger partial charge in [-0.05, 0) is 62.6 Å². The number of carbonyl (C=O) groups excluding carboxylic acids is 1. The van der Waals surface area contributed by atoms with E-state index in [1.807, 2.05) is 26.0 Å². The Kier molecular flexibility index (Phi) is 5.69. The topological polar surface area (TPSA) is 63.8 Å². The van der Waals surface area contributed by atoms with Crippen LogP contribution in [0.5, 0.6) is 0 Å². The fourth-order valence-corrected chi connectivity index (χ4v) is 3.68. The second-order valence-electron chi connectivity index (χ2n) is 7.39. The predicted molar refractivity (Wildman–Crippen MR) is 114 cm³/mol. The number of benzene rings is 2. The molecule has 1 N–H and O–H groups in total. The molecule has 6 heteroatoms. The van der Waals surface area contributed by atoms with Gasteiger partial charge in [-0.15, -0.1) is 0 Å². The molecule has 4 rings (SSSR count). The summed E-state index contributed by atoms with van der Waals surface area (Å²) in [5.41, 5.74) is 4.20. The Balaban J connectivity index is 1.78. The maximum Gasteiger partial charge on any atom is 0.256 e. The summed E-state index contributed by atoms with van der Waals surface area (Å²) < 4.78 is 11.6. The third-order valence-corrected chi connectivity index (χ3v) is 5.28. The van der Waals surface area contributed by atoms with Gasteiger partial charge in [-0.3, -0.25) is 4.79 Å². The van der Waals surface area contributed by atoms with Crippen LogP contribution < -0.4 is 10.9 Å². The summed E-state index contributed by atoms with van der Waals surface area (Å²) in [6.07, 6.45) is 2.04. The first-order valence-electron chi connectivity index (χ1n) is 9.75. The summed E-state index contributed by atoms with van der Waals surface area (Å²) in [5.74, 6) is -0.241. The summed E-state index contributed by atoms with van der Waals surface area (Å²) in [4.78, 5) is 17.6. The lowest BCUT2D eigenvalue weighted by molar-refractivity contribution is 0.0854. The van der Waals surface area contributed by atoms with Gasteiger partial charge in [-0.25, -0.2) is 4.99 Å². The van der Waals surface area contributed by atoms with Gasteiger partial charge in [0.1, 0.15) is 11.1 Å². The number of hydrogen-bond donors (Lipinski definition) is 1. The maximum atomic E-state index is 13.0. The van der Waals surface area contributed by atoms with Crippen molar-refractivity contribution in [2.45, 2.75) is 32.8 Å². The highest BCUT2D eigenvalue weighted by Crippen LogP contribution is 2.22. The van der Waals surface area contributed by atoms with Crippen molar-refractivity contribution >= 4 is 34.2 Å². The minimum atomic E-state index is -0.241. The first-order chi connectivity index (χ1) is 14.0. The van der Waals surface area contributed by atoms with Crippen molar-refractivity contribution < 1.29 is 13.9 Å². The molecule has 150 valence electrons. The first-order valence-corrected chi connectivity index (χ1v) is 10.1. The standard InChI is InChI=1S/C23H23ClN2O3/c1-14-5-7-20(15(2)10-14)26-23-19(22(27)25-13-18-4-3-9-28-18)12-16-11-17(24)6-8-21(16)29-23/h5-8,10-12,18H,3-4,9,13H2,1-2H3,(H,25,27)/t18-/m0/s1. The van der Waals surface area contributed by atoms with Crippen LogP contribution in [0.25, 0.3) is 11.0 Å². The molecule has 3 aromatic rings. The van der Waals surface area contributed by atoms with E-state index in [2.05, 4.69) is 16.4 Å². The van der Waals surface area contributed by atoms with Crippen LogP contribution in [0.4, 0.5) is 5.69 Å². The van der Waals surface area contributed by atoms with E-state index >= 15 is 0 Å². The fourth-order valence-electron chi connectivity index (χ4n) is 3.49. The third kappa shape index (κ3) is 4.52. The molecule has 1 fully saturated rings. The van der Waals surface area contributed by atoms with Crippen LogP contribution in [0.2, 0.25) is 5.02 Å². The normalized spacial score (nSPS) is 17.1. The monoisotopic (exact) mass is 410 g/mol. The van der Waals surface area contributed by atoms with Gasteiger partial charge in [0, 0.05) is 23.6 Å². The average Bonchev–Trinajstić information content (AvgIpc) is 3.21. The van der Waals surface area contributed by atoms with Crippen molar-refractivity contribution in [2.24, 2.45) is 4.99 Å². The molecule has 1 atom stereocenters. The summed E-state index contributed by atoms with van der Waals surface area (Å²) >= 11 is 6.12. The van der Waals surface area contributed by atoms with Crippen LogP contribution in [0, 0.1) is 13.8 Å². The van der Waals surface area contributed by atoms with Gasteiger partial charge in [-0.1, -0.05) is 29.3 Å². The number of nitrogens with zero attached hydrogens (tertiary/aromatic N) is 1. The number of ether oxygens (including phenoxy) is 1. The molecule has 0 spiro atoms. The molecule has 0 bridgehead atoms. The van der Waals surface area contributed by atoms with Gasteiger partial charge in [0.2, 0.25) is 5.55 Å². The molecule has 0 aliphatic carbocycles.